The Hall–Kier alpha value is -2.34. The van der Waals surface area contributed by atoms with E-state index in [-0.39, 0.29) is 29.6 Å². The summed E-state index contributed by atoms with van der Waals surface area (Å²) >= 11 is 3.30. The monoisotopic (exact) mass is 406 g/mol. The zero-order chi connectivity index (χ0) is 18.4. The number of carbonyl (C=O) groups is 2. The molecule has 0 aliphatic rings. The SMILES string of the molecule is CCOC(=O)c1cc(Br)ccc1OC(=O)c1ccccc1OC(C)C. The number of ether oxygens (including phenoxy) is 3. The molecule has 0 bridgehead atoms. The molecule has 0 heterocycles. The molecular weight excluding hydrogens is 388 g/mol. The van der Waals surface area contributed by atoms with E-state index in [1.54, 1.807) is 49.4 Å². The van der Waals surface area contributed by atoms with Crippen LogP contribution in [0, 0.1) is 0 Å². The van der Waals surface area contributed by atoms with Crippen molar-refractivity contribution in [1.29, 1.82) is 0 Å². The number of esters is 2. The highest BCUT2D eigenvalue weighted by Crippen LogP contribution is 2.27. The number of benzene rings is 2. The van der Waals surface area contributed by atoms with Gasteiger partial charge in [-0.1, -0.05) is 28.1 Å². The maximum absolute atomic E-state index is 12.6. The molecule has 2 aromatic carbocycles. The Balaban J connectivity index is 2.31. The van der Waals surface area contributed by atoms with E-state index in [2.05, 4.69) is 15.9 Å². The molecule has 0 aliphatic heterocycles. The Labute approximate surface area is 155 Å². The topological polar surface area (TPSA) is 61.8 Å². The van der Waals surface area contributed by atoms with Gasteiger partial charge in [0, 0.05) is 4.47 Å². The van der Waals surface area contributed by atoms with Gasteiger partial charge in [-0.05, 0) is 51.1 Å². The van der Waals surface area contributed by atoms with Gasteiger partial charge in [0.2, 0.25) is 0 Å². The third-order valence-electron chi connectivity index (χ3n) is 3.11. The van der Waals surface area contributed by atoms with Gasteiger partial charge in [-0.3, -0.25) is 0 Å². The van der Waals surface area contributed by atoms with E-state index in [0.717, 1.165) is 0 Å². The van der Waals surface area contributed by atoms with Crippen LogP contribution in [0.25, 0.3) is 0 Å². The zero-order valence-electron chi connectivity index (χ0n) is 14.2. The molecule has 0 saturated heterocycles. The quantitative estimate of drug-likeness (QED) is 0.516. The van der Waals surface area contributed by atoms with Gasteiger partial charge in [-0.2, -0.15) is 0 Å². The van der Waals surface area contributed by atoms with Crippen LogP contribution in [-0.2, 0) is 4.74 Å². The Kier molecular flexibility index (Phi) is 6.58. The van der Waals surface area contributed by atoms with Gasteiger partial charge >= 0.3 is 11.9 Å². The number of hydrogen-bond donors (Lipinski definition) is 0. The van der Waals surface area contributed by atoms with Crippen molar-refractivity contribution in [2.24, 2.45) is 0 Å². The van der Waals surface area contributed by atoms with E-state index in [1.165, 1.54) is 0 Å². The molecule has 0 aromatic heterocycles. The van der Waals surface area contributed by atoms with Crippen LogP contribution < -0.4 is 9.47 Å². The minimum atomic E-state index is -0.607. The normalized spacial score (nSPS) is 10.4. The summed E-state index contributed by atoms with van der Waals surface area (Å²) in [7, 11) is 0. The fourth-order valence-corrected chi connectivity index (χ4v) is 2.47. The second-order valence-electron chi connectivity index (χ2n) is 5.41. The molecule has 0 saturated carbocycles. The highest BCUT2D eigenvalue weighted by molar-refractivity contribution is 9.10. The first-order valence-corrected chi connectivity index (χ1v) is 8.66. The number of halogens is 1. The summed E-state index contributed by atoms with van der Waals surface area (Å²) in [5.74, 6) is -0.606. The molecule has 2 rings (SSSR count). The molecule has 0 unspecified atom stereocenters. The average Bonchev–Trinajstić information content (AvgIpc) is 2.56. The minimum absolute atomic E-state index is 0.0864. The van der Waals surface area contributed by atoms with E-state index < -0.39 is 11.9 Å². The summed E-state index contributed by atoms with van der Waals surface area (Å²) < 4.78 is 16.8. The molecule has 0 aliphatic carbocycles. The smallest absolute Gasteiger partial charge is 0.347 e. The molecule has 25 heavy (non-hydrogen) atoms. The molecule has 0 spiro atoms. The molecule has 0 atom stereocenters. The largest absolute Gasteiger partial charge is 0.490 e. The third-order valence-corrected chi connectivity index (χ3v) is 3.60. The first-order chi connectivity index (χ1) is 11.9. The average molecular weight is 407 g/mol. The Morgan fingerprint density at radius 3 is 2.40 bits per heavy atom. The van der Waals surface area contributed by atoms with Gasteiger partial charge < -0.3 is 14.2 Å². The lowest BCUT2D eigenvalue weighted by molar-refractivity contribution is 0.0520. The first-order valence-electron chi connectivity index (χ1n) is 7.87. The summed E-state index contributed by atoms with van der Waals surface area (Å²) in [4.78, 5) is 24.7. The molecule has 6 heteroatoms. The lowest BCUT2D eigenvalue weighted by atomic mass is 10.2. The van der Waals surface area contributed by atoms with Gasteiger partial charge in [0.25, 0.3) is 0 Å². The van der Waals surface area contributed by atoms with Crippen molar-refractivity contribution in [3.63, 3.8) is 0 Å². The molecule has 0 amide bonds. The van der Waals surface area contributed by atoms with E-state index in [0.29, 0.717) is 10.2 Å². The van der Waals surface area contributed by atoms with Crippen molar-refractivity contribution in [2.45, 2.75) is 26.9 Å². The molecule has 0 N–H and O–H groups in total. The molecule has 5 nitrogen and oxygen atoms in total. The number of para-hydroxylation sites is 1. The lowest BCUT2D eigenvalue weighted by Gasteiger charge is -2.14. The van der Waals surface area contributed by atoms with Gasteiger partial charge in [0.15, 0.2) is 0 Å². The van der Waals surface area contributed by atoms with Gasteiger partial charge in [-0.25, -0.2) is 9.59 Å². The second kappa shape index (κ2) is 8.67. The van der Waals surface area contributed by atoms with Crippen molar-refractivity contribution < 1.29 is 23.8 Å². The van der Waals surface area contributed by atoms with Gasteiger partial charge in [0.05, 0.1) is 12.7 Å². The molecule has 2 aromatic rings. The highest BCUT2D eigenvalue weighted by Gasteiger charge is 2.20. The maximum atomic E-state index is 12.6. The van der Waals surface area contributed by atoms with Crippen LogP contribution in [0.15, 0.2) is 46.9 Å². The molecule has 0 fully saturated rings. The van der Waals surface area contributed by atoms with Crippen LogP contribution in [0.4, 0.5) is 0 Å². The fraction of sp³-hybridized carbons (Fsp3) is 0.263. The lowest BCUT2D eigenvalue weighted by Crippen LogP contribution is -2.15. The van der Waals surface area contributed by atoms with Crippen molar-refractivity contribution >= 4 is 27.9 Å². The van der Waals surface area contributed by atoms with Crippen molar-refractivity contribution in [1.82, 2.24) is 0 Å². The minimum Gasteiger partial charge on any atom is -0.490 e. The van der Waals surface area contributed by atoms with Crippen LogP contribution in [0.1, 0.15) is 41.5 Å². The maximum Gasteiger partial charge on any atom is 0.347 e. The van der Waals surface area contributed by atoms with Crippen LogP contribution in [0.5, 0.6) is 11.5 Å². The third kappa shape index (κ3) is 5.06. The van der Waals surface area contributed by atoms with Crippen molar-refractivity contribution in [2.75, 3.05) is 6.61 Å². The van der Waals surface area contributed by atoms with Gasteiger partial charge in [0.1, 0.15) is 22.6 Å². The van der Waals surface area contributed by atoms with E-state index in [1.807, 2.05) is 13.8 Å². The Morgan fingerprint density at radius 1 is 1.00 bits per heavy atom. The summed E-state index contributed by atoms with van der Waals surface area (Å²) in [6, 6.07) is 11.6. The molecule has 0 radical (unpaired) electrons. The number of carbonyl (C=O) groups excluding carboxylic acids is 2. The summed E-state index contributed by atoms with van der Waals surface area (Å²) in [5, 5.41) is 0. The highest BCUT2D eigenvalue weighted by atomic mass is 79.9. The standard InChI is InChI=1S/C19H19BrO5/c1-4-23-18(21)15-11-13(20)9-10-17(15)25-19(22)14-7-5-6-8-16(14)24-12(2)3/h5-12H,4H2,1-3H3. The summed E-state index contributed by atoms with van der Waals surface area (Å²) in [6.45, 7) is 5.68. The number of rotatable bonds is 6. The molecular formula is C19H19BrO5. The predicted molar refractivity (Wildman–Crippen MR) is 97.3 cm³/mol. The Morgan fingerprint density at radius 2 is 1.72 bits per heavy atom. The second-order valence-corrected chi connectivity index (χ2v) is 6.33. The number of hydrogen-bond acceptors (Lipinski definition) is 5. The fourth-order valence-electron chi connectivity index (χ4n) is 2.11. The zero-order valence-corrected chi connectivity index (χ0v) is 15.8. The van der Waals surface area contributed by atoms with E-state index in [4.69, 9.17) is 14.2 Å². The van der Waals surface area contributed by atoms with Crippen LogP contribution in [-0.4, -0.2) is 24.6 Å². The summed E-state index contributed by atoms with van der Waals surface area (Å²) in [5.41, 5.74) is 0.459. The van der Waals surface area contributed by atoms with Crippen molar-refractivity contribution in [3.05, 3.63) is 58.1 Å². The van der Waals surface area contributed by atoms with Crippen LogP contribution in [0.3, 0.4) is 0 Å². The Bertz CT molecular complexity index is 770. The van der Waals surface area contributed by atoms with Crippen LogP contribution in [0.2, 0.25) is 0 Å². The van der Waals surface area contributed by atoms with Crippen LogP contribution >= 0.6 is 15.9 Å². The first kappa shape index (κ1) is 19.0. The summed E-state index contributed by atoms with van der Waals surface area (Å²) in [6.07, 6.45) is -0.0864. The molecule has 132 valence electrons. The van der Waals surface area contributed by atoms with Crippen molar-refractivity contribution in [3.8, 4) is 11.5 Å². The van der Waals surface area contributed by atoms with Gasteiger partial charge in [-0.15, -0.1) is 0 Å². The predicted octanol–water partition coefficient (Wildman–Crippen LogP) is 4.63. The van der Waals surface area contributed by atoms with E-state index in [9.17, 15) is 9.59 Å². The van der Waals surface area contributed by atoms with E-state index >= 15 is 0 Å².